The van der Waals surface area contributed by atoms with Crippen molar-refractivity contribution in [3.63, 3.8) is 0 Å². The molecule has 106 valence electrons. The second-order valence-electron chi connectivity index (χ2n) is 4.91. The van der Waals surface area contributed by atoms with Crippen molar-refractivity contribution in [1.29, 1.82) is 0 Å². The Kier molecular flexibility index (Phi) is 5.73. The third-order valence-corrected chi connectivity index (χ3v) is 5.22. The molecule has 1 aromatic heterocycles. The molecular weight excluding hydrogens is 278 g/mol. The number of nitrogens with zero attached hydrogens (tertiary/aromatic N) is 1. The van der Waals surface area contributed by atoms with Crippen LogP contribution in [0, 0.1) is 5.92 Å². The Morgan fingerprint density at radius 1 is 1.58 bits per heavy atom. The summed E-state index contributed by atoms with van der Waals surface area (Å²) in [6, 6.07) is 3.92. The molecule has 3 nitrogen and oxygen atoms in total. The number of hydrogen-bond donors (Lipinski definition) is 0. The SMILES string of the molecule is COCc1ccc(C(=O)N2CCC[C@@H](CSC)C2)s1. The Labute approximate surface area is 123 Å². The minimum atomic E-state index is 0.193. The Morgan fingerprint density at radius 3 is 3.16 bits per heavy atom. The number of carbonyl (C=O) groups is 1. The number of methoxy groups -OCH3 is 1. The van der Waals surface area contributed by atoms with Crippen LogP contribution in [0.3, 0.4) is 0 Å². The van der Waals surface area contributed by atoms with Crippen LogP contribution >= 0.6 is 23.1 Å². The van der Waals surface area contributed by atoms with Crippen LogP contribution in [-0.2, 0) is 11.3 Å². The lowest BCUT2D eigenvalue weighted by molar-refractivity contribution is 0.0690. The van der Waals surface area contributed by atoms with E-state index in [-0.39, 0.29) is 5.91 Å². The van der Waals surface area contributed by atoms with Crippen LogP contribution < -0.4 is 0 Å². The molecule has 0 aromatic carbocycles. The van der Waals surface area contributed by atoms with Crippen molar-refractivity contribution in [2.45, 2.75) is 19.4 Å². The number of thiophene rings is 1. The van der Waals surface area contributed by atoms with Gasteiger partial charge in [-0.05, 0) is 42.9 Å². The van der Waals surface area contributed by atoms with Crippen molar-refractivity contribution in [2.75, 3.05) is 32.2 Å². The van der Waals surface area contributed by atoms with Crippen molar-refractivity contribution in [1.82, 2.24) is 4.90 Å². The lowest BCUT2D eigenvalue weighted by atomic mass is 10.00. The fraction of sp³-hybridized carbons (Fsp3) is 0.643. The summed E-state index contributed by atoms with van der Waals surface area (Å²) in [6.45, 7) is 2.41. The highest BCUT2D eigenvalue weighted by atomic mass is 32.2. The van der Waals surface area contributed by atoms with Crippen LogP contribution in [0.1, 0.15) is 27.4 Å². The van der Waals surface area contributed by atoms with Gasteiger partial charge < -0.3 is 9.64 Å². The number of carbonyl (C=O) groups excluding carboxylic acids is 1. The predicted octanol–water partition coefficient (Wildman–Crippen LogP) is 3.11. The molecule has 1 atom stereocenters. The van der Waals surface area contributed by atoms with Crippen molar-refractivity contribution < 1.29 is 9.53 Å². The molecule has 5 heteroatoms. The number of amides is 1. The van der Waals surface area contributed by atoms with Gasteiger partial charge in [0.15, 0.2) is 0 Å². The normalized spacial score (nSPS) is 19.7. The first kappa shape index (κ1) is 14.9. The molecule has 1 aliphatic heterocycles. The van der Waals surface area contributed by atoms with Crippen molar-refractivity contribution in [2.24, 2.45) is 5.92 Å². The number of thioether (sulfide) groups is 1. The van der Waals surface area contributed by atoms with Crippen LogP contribution in [-0.4, -0.2) is 43.0 Å². The Bertz CT molecular complexity index is 417. The maximum absolute atomic E-state index is 12.5. The van der Waals surface area contributed by atoms with Crippen molar-refractivity contribution in [3.8, 4) is 0 Å². The van der Waals surface area contributed by atoms with Gasteiger partial charge in [-0.25, -0.2) is 0 Å². The molecule has 2 heterocycles. The van der Waals surface area contributed by atoms with E-state index in [0.717, 1.165) is 35.0 Å². The molecule has 19 heavy (non-hydrogen) atoms. The first-order valence-electron chi connectivity index (χ1n) is 6.60. The fourth-order valence-corrected chi connectivity index (χ4v) is 4.18. The second kappa shape index (κ2) is 7.31. The quantitative estimate of drug-likeness (QED) is 0.836. The van der Waals surface area contributed by atoms with Gasteiger partial charge in [-0.2, -0.15) is 11.8 Å². The third-order valence-electron chi connectivity index (χ3n) is 3.37. The molecule has 2 rings (SSSR count). The van der Waals surface area contributed by atoms with Gasteiger partial charge in [-0.15, -0.1) is 11.3 Å². The maximum atomic E-state index is 12.5. The topological polar surface area (TPSA) is 29.5 Å². The summed E-state index contributed by atoms with van der Waals surface area (Å²) >= 11 is 3.43. The predicted molar refractivity (Wildman–Crippen MR) is 82.0 cm³/mol. The molecule has 0 unspecified atom stereocenters. The third kappa shape index (κ3) is 3.97. The van der Waals surface area contributed by atoms with E-state index in [4.69, 9.17) is 4.74 Å². The lowest BCUT2D eigenvalue weighted by Gasteiger charge is -2.32. The number of rotatable bonds is 5. The van der Waals surface area contributed by atoms with Gasteiger partial charge in [0.25, 0.3) is 5.91 Å². The fourth-order valence-electron chi connectivity index (χ4n) is 2.49. The molecule has 1 aromatic rings. The second-order valence-corrected chi connectivity index (χ2v) is 6.99. The molecule has 0 N–H and O–H groups in total. The zero-order valence-electron chi connectivity index (χ0n) is 11.6. The summed E-state index contributed by atoms with van der Waals surface area (Å²) in [6.07, 6.45) is 4.52. The van der Waals surface area contributed by atoms with E-state index in [1.54, 1.807) is 18.4 Å². The highest BCUT2D eigenvalue weighted by molar-refractivity contribution is 7.98. The van der Waals surface area contributed by atoms with Gasteiger partial charge in [-0.1, -0.05) is 0 Å². The van der Waals surface area contributed by atoms with Gasteiger partial charge in [0.2, 0.25) is 0 Å². The summed E-state index contributed by atoms with van der Waals surface area (Å²) in [5.41, 5.74) is 0. The van der Waals surface area contributed by atoms with Gasteiger partial charge >= 0.3 is 0 Å². The smallest absolute Gasteiger partial charge is 0.263 e. The van der Waals surface area contributed by atoms with E-state index in [9.17, 15) is 4.79 Å². The largest absolute Gasteiger partial charge is 0.379 e. The maximum Gasteiger partial charge on any atom is 0.263 e. The molecule has 0 bridgehead atoms. The van der Waals surface area contributed by atoms with Crippen molar-refractivity contribution in [3.05, 3.63) is 21.9 Å². The Hall–Kier alpha value is -0.520. The lowest BCUT2D eigenvalue weighted by Crippen LogP contribution is -2.40. The minimum Gasteiger partial charge on any atom is -0.379 e. The molecule has 1 fully saturated rings. The highest BCUT2D eigenvalue weighted by Gasteiger charge is 2.24. The molecular formula is C14H21NO2S2. The molecule has 0 saturated carbocycles. The van der Waals surface area contributed by atoms with E-state index >= 15 is 0 Å². The van der Waals surface area contributed by atoms with Gasteiger partial charge in [0, 0.05) is 25.1 Å². The molecule has 0 radical (unpaired) electrons. The average Bonchev–Trinajstić information content (AvgIpc) is 2.88. The highest BCUT2D eigenvalue weighted by Crippen LogP contribution is 2.24. The molecule has 0 aliphatic carbocycles. The molecule has 0 spiro atoms. The number of piperidine rings is 1. The standard InChI is InChI=1S/C14H21NO2S2/c1-17-9-12-5-6-13(19-12)14(16)15-7-3-4-11(8-15)10-18-2/h5-6,11H,3-4,7-10H2,1-2H3/t11-/m1/s1. The van der Waals surface area contributed by atoms with Crippen LogP contribution in [0.15, 0.2) is 12.1 Å². The van der Waals surface area contributed by atoms with E-state index in [1.165, 1.54) is 6.42 Å². The van der Waals surface area contributed by atoms with Crippen LogP contribution in [0.5, 0.6) is 0 Å². The van der Waals surface area contributed by atoms with Crippen LogP contribution in [0.25, 0.3) is 0 Å². The van der Waals surface area contributed by atoms with E-state index in [0.29, 0.717) is 12.5 Å². The average molecular weight is 299 g/mol. The first-order chi connectivity index (χ1) is 9.24. The van der Waals surface area contributed by atoms with E-state index in [1.807, 2.05) is 28.8 Å². The summed E-state index contributed by atoms with van der Waals surface area (Å²) in [5, 5.41) is 0. The monoisotopic (exact) mass is 299 g/mol. The van der Waals surface area contributed by atoms with Gasteiger partial charge in [0.1, 0.15) is 0 Å². The van der Waals surface area contributed by atoms with Crippen molar-refractivity contribution >= 4 is 29.0 Å². The summed E-state index contributed by atoms with van der Waals surface area (Å²) in [4.78, 5) is 16.4. The number of ether oxygens (including phenoxy) is 1. The minimum absolute atomic E-state index is 0.193. The zero-order chi connectivity index (χ0) is 13.7. The molecule has 1 amide bonds. The summed E-state index contributed by atoms with van der Waals surface area (Å²) in [5.74, 6) is 2.01. The Morgan fingerprint density at radius 2 is 2.42 bits per heavy atom. The Balaban J connectivity index is 1.97. The van der Waals surface area contributed by atoms with E-state index in [2.05, 4.69) is 6.26 Å². The first-order valence-corrected chi connectivity index (χ1v) is 8.81. The van der Waals surface area contributed by atoms with Crippen LogP contribution in [0.4, 0.5) is 0 Å². The number of hydrogen-bond acceptors (Lipinski definition) is 4. The number of likely N-dealkylation sites (tertiary alicyclic amines) is 1. The van der Waals surface area contributed by atoms with E-state index < -0.39 is 0 Å². The molecule has 1 aliphatic rings. The zero-order valence-corrected chi connectivity index (χ0v) is 13.2. The summed E-state index contributed by atoms with van der Waals surface area (Å²) < 4.78 is 5.10. The van der Waals surface area contributed by atoms with Crippen LogP contribution in [0.2, 0.25) is 0 Å². The van der Waals surface area contributed by atoms with Gasteiger partial charge in [-0.3, -0.25) is 4.79 Å². The van der Waals surface area contributed by atoms with Gasteiger partial charge in [0.05, 0.1) is 11.5 Å². The molecule has 1 saturated heterocycles. The summed E-state index contributed by atoms with van der Waals surface area (Å²) in [7, 11) is 1.68.